The highest BCUT2D eigenvalue weighted by Gasteiger charge is 2.08. The van der Waals surface area contributed by atoms with Gasteiger partial charge in [0.2, 0.25) is 0 Å². The van der Waals surface area contributed by atoms with Gasteiger partial charge < -0.3 is 4.98 Å². The summed E-state index contributed by atoms with van der Waals surface area (Å²) in [5.74, 6) is 0.592. The second-order valence-corrected chi connectivity index (χ2v) is 5.65. The zero-order valence-electron chi connectivity index (χ0n) is 11.4. The molecule has 0 bridgehead atoms. The third kappa shape index (κ3) is 2.74. The average molecular weight is 338 g/mol. The van der Waals surface area contributed by atoms with Gasteiger partial charge in [0, 0.05) is 4.47 Å². The van der Waals surface area contributed by atoms with Gasteiger partial charge in [-0.2, -0.15) is 5.26 Å². The minimum atomic E-state index is 0.510. The van der Waals surface area contributed by atoms with Gasteiger partial charge in [-0.15, -0.1) is 0 Å². The zero-order valence-corrected chi connectivity index (χ0v) is 13.0. The lowest BCUT2D eigenvalue weighted by molar-refractivity contribution is 1.27. The number of benzene rings is 2. The number of halogens is 1. The fraction of sp³-hybridized carbons (Fsp3) is 0.0588. The van der Waals surface area contributed by atoms with Crippen molar-refractivity contribution in [3.8, 4) is 6.07 Å². The molecule has 0 spiro atoms. The van der Waals surface area contributed by atoms with Crippen molar-refractivity contribution >= 4 is 38.6 Å². The van der Waals surface area contributed by atoms with E-state index in [9.17, 15) is 5.26 Å². The Morgan fingerprint density at radius 1 is 1.29 bits per heavy atom. The first kappa shape index (κ1) is 13.6. The molecule has 21 heavy (non-hydrogen) atoms. The van der Waals surface area contributed by atoms with Gasteiger partial charge in [0.05, 0.1) is 16.6 Å². The number of nitriles is 1. The number of nitrogens with one attached hydrogen (secondary N) is 1. The van der Waals surface area contributed by atoms with Crippen LogP contribution in [0, 0.1) is 18.3 Å². The predicted octanol–water partition coefficient (Wildman–Crippen LogP) is 4.70. The van der Waals surface area contributed by atoms with Crippen LogP contribution in [0.5, 0.6) is 0 Å². The first-order chi connectivity index (χ1) is 10.2. The monoisotopic (exact) mass is 337 g/mol. The maximum Gasteiger partial charge on any atom is 0.149 e. The maximum absolute atomic E-state index is 9.42. The molecule has 0 unspecified atom stereocenters. The molecule has 3 nitrogen and oxygen atoms in total. The molecule has 0 amide bonds. The van der Waals surface area contributed by atoms with E-state index in [1.54, 1.807) is 0 Å². The Labute approximate surface area is 131 Å². The lowest BCUT2D eigenvalue weighted by Gasteiger charge is -1.98. The number of nitrogens with zero attached hydrogens (tertiary/aromatic N) is 2. The second kappa shape index (κ2) is 5.55. The van der Waals surface area contributed by atoms with E-state index in [4.69, 9.17) is 0 Å². The molecule has 2 aromatic carbocycles. The summed E-state index contributed by atoms with van der Waals surface area (Å²) in [4.78, 5) is 7.70. The number of aromatic nitrogens is 2. The standard InChI is InChI=1S/C17H12BrN3/c1-11-6-7-15-16(8-11)21-17(20-15)13(10-19)9-12-4-2-3-5-14(12)18/h2-9H,1H3,(H,20,21). The zero-order chi connectivity index (χ0) is 14.8. The molecule has 0 aliphatic carbocycles. The molecule has 1 heterocycles. The van der Waals surface area contributed by atoms with Crippen LogP contribution in [0.3, 0.4) is 0 Å². The predicted molar refractivity (Wildman–Crippen MR) is 88.5 cm³/mol. The van der Waals surface area contributed by atoms with E-state index >= 15 is 0 Å². The van der Waals surface area contributed by atoms with Crippen molar-refractivity contribution < 1.29 is 0 Å². The van der Waals surface area contributed by atoms with Gasteiger partial charge in [0.15, 0.2) is 0 Å². The molecular formula is C17H12BrN3. The van der Waals surface area contributed by atoms with Crippen LogP contribution in [-0.2, 0) is 0 Å². The van der Waals surface area contributed by atoms with Crippen molar-refractivity contribution in [2.75, 3.05) is 0 Å². The van der Waals surface area contributed by atoms with E-state index in [1.165, 1.54) is 0 Å². The number of imidazole rings is 1. The van der Waals surface area contributed by atoms with E-state index in [0.717, 1.165) is 26.6 Å². The molecule has 3 aromatic rings. The van der Waals surface area contributed by atoms with Gasteiger partial charge in [0.1, 0.15) is 11.9 Å². The van der Waals surface area contributed by atoms with Crippen molar-refractivity contribution in [1.29, 1.82) is 5.26 Å². The smallest absolute Gasteiger partial charge is 0.149 e. The van der Waals surface area contributed by atoms with Gasteiger partial charge >= 0.3 is 0 Å². The number of hydrogen-bond donors (Lipinski definition) is 1. The molecule has 0 aliphatic rings. The lowest BCUT2D eigenvalue weighted by atomic mass is 10.1. The van der Waals surface area contributed by atoms with Crippen LogP contribution < -0.4 is 0 Å². The molecule has 102 valence electrons. The molecule has 0 saturated carbocycles. The molecule has 1 N–H and O–H groups in total. The molecule has 0 aliphatic heterocycles. The Kier molecular flexibility index (Phi) is 3.59. The number of aryl methyl sites for hydroxylation is 1. The molecule has 0 atom stereocenters. The van der Waals surface area contributed by atoms with Crippen LogP contribution in [0.15, 0.2) is 46.9 Å². The minimum absolute atomic E-state index is 0.510. The summed E-state index contributed by atoms with van der Waals surface area (Å²) in [6.07, 6.45) is 1.83. The topological polar surface area (TPSA) is 52.5 Å². The first-order valence-electron chi connectivity index (χ1n) is 6.50. The maximum atomic E-state index is 9.42. The van der Waals surface area contributed by atoms with Crippen molar-refractivity contribution in [3.63, 3.8) is 0 Å². The van der Waals surface area contributed by atoms with Gasteiger partial charge in [-0.25, -0.2) is 4.98 Å². The molecule has 0 fully saturated rings. The normalized spacial score (nSPS) is 11.6. The van der Waals surface area contributed by atoms with E-state index in [-0.39, 0.29) is 0 Å². The molecular weight excluding hydrogens is 326 g/mol. The molecule has 1 aromatic heterocycles. The quantitative estimate of drug-likeness (QED) is 0.689. The Balaban J connectivity index is 2.10. The van der Waals surface area contributed by atoms with Crippen LogP contribution >= 0.6 is 15.9 Å². The number of aromatic amines is 1. The molecule has 0 saturated heterocycles. The number of allylic oxidation sites excluding steroid dienone is 1. The SMILES string of the molecule is Cc1ccc2nc(C(C#N)=Cc3ccccc3Br)[nH]c2c1. The van der Waals surface area contributed by atoms with E-state index < -0.39 is 0 Å². The summed E-state index contributed by atoms with van der Waals surface area (Å²) in [7, 11) is 0. The van der Waals surface area contributed by atoms with E-state index in [1.807, 2.05) is 55.5 Å². The fourth-order valence-corrected chi connectivity index (χ4v) is 2.55. The van der Waals surface area contributed by atoms with Crippen molar-refractivity contribution in [1.82, 2.24) is 9.97 Å². The summed E-state index contributed by atoms with van der Waals surface area (Å²) < 4.78 is 0.949. The van der Waals surface area contributed by atoms with Crippen LogP contribution in [-0.4, -0.2) is 9.97 Å². The largest absolute Gasteiger partial charge is 0.337 e. The molecule has 3 rings (SSSR count). The fourth-order valence-electron chi connectivity index (χ4n) is 2.15. The van der Waals surface area contributed by atoms with Gasteiger partial charge in [-0.05, 0) is 42.3 Å². The van der Waals surface area contributed by atoms with Gasteiger partial charge in [-0.1, -0.05) is 40.2 Å². The Morgan fingerprint density at radius 3 is 2.86 bits per heavy atom. The van der Waals surface area contributed by atoms with Crippen molar-refractivity contribution in [2.45, 2.75) is 6.92 Å². The number of H-pyrrole nitrogens is 1. The van der Waals surface area contributed by atoms with E-state index in [2.05, 4.69) is 32.0 Å². The van der Waals surface area contributed by atoms with Crippen molar-refractivity contribution in [3.05, 3.63) is 63.9 Å². The highest BCUT2D eigenvalue weighted by molar-refractivity contribution is 9.10. The van der Waals surface area contributed by atoms with Crippen LogP contribution in [0.2, 0.25) is 0 Å². The van der Waals surface area contributed by atoms with Crippen LogP contribution in [0.25, 0.3) is 22.7 Å². The Morgan fingerprint density at radius 2 is 2.10 bits per heavy atom. The number of hydrogen-bond acceptors (Lipinski definition) is 2. The molecule has 4 heteroatoms. The van der Waals surface area contributed by atoms with Crippen LogP contribution in [0.4, 0.5) is 0 Å². The van der Waals surface area contributed by atoms with Gasteiger partial charge in [0.25, 0.3) is 0 Å². The van der Waals surface area contributed by atoms with E-state index in [0.29, 0.717) is 11.4 Å². The lowest BCUT2D eigenvalue weighted by Crippen LogP contribution is -1.85. The van der Waals surface area contributed by atoms with Crippen LogP contribution in [0.1, 0.15) is 17.0 Å². The van der Waals surface area contributed by atoms with Gasteiger partial charge in [-0.3, -0.25) is 0 Å². The van der Waals surface area contributed by atoms with Crippen molar-refractivity contribution in [2.24, 2.45) is 0 Å². The number of rotatable bonds is 2. The summed E-state index contributed by atoms with van der Waals surface area (Å²) in [6, 6.07) is 16.0. The summed E-state index contributed by atoms with van der Waals surface area (Å²) >= 11 is 3.49. The third-order valence-electron chi connectivity index (χ3n) is 3.22. The summed E-state index contributed by atoms with van der Waals surface area (Å²) in [6.45, 7) is 2.03. The highest BCUT2D eigenvalue weighted by atomic mass is 79.9. The second-order valence-electron chi connectivity index (χ2n) is 4.80. The third-order valence-corrected chi connectivity index (χ3v) is 3.94. The average Bonchev–Trinajstić information content (AvgIpc) is 2.89. The number of fused-ring (bicyclic) bond motifs is 1. The minimum Gasteiger partial charge on any atom is -0.337 e. The summed E-state index contributed by atoms with van der Waals surface area (Å²) in [5, 5.41) is 9.42. The first-order valence-corrected chi connectivity index (χ1v) is 7.30. The Bertz CT molecular complexity index is 884. The molecule has 0 radical (unpaired) electrons. The Hall–Kier alpha value is -2.38. The summed E-state index contributed by atoms with van der Waals surface area (Å²) in [5.41, 5.74) is 4.43. The highest BCUT2D eigenvalue weighted by Crippen LogP contribution is 2.23.